The van der Waals surface area contributed by atoms with E-state index in [1.54, 1.807) is 18.2 Å². The van der Waals surface area contributed by atoms with E-state index in [-0.39, 0.29) is 11.3 Å². The monoisotopic (exact) mass is 566 g/mol. The number of rotatable bonds is 7. The topological polar surface area (TPSA) is 137 Å². The van der Waals surface area contributed by atoms with Crippen LogP contribution in [0.5, 0.6) is 5.75 Å². The van der Waals surface area contributed by atoms with E-state index >= 15 is 0 Å². The first kappa shape index (κ1) is 23.5. The molecule has 12 heteroatoms. The largest absolute Gasteiger partial charge is 0.479 e. The molecule has 3 rings (SSSR count). The standard InChI is InChI=1S/C20H16Br2N4O6/c1-3-17-24-15-5-4-12(21)7-14(15)19(27)25(17)23-9-11-6-13(22)8-16(26(30)31)18(11)32-10(2)20(28)29/h4-10H,3H2,1-2H3,(H,28,29)/t10-/m0/s1. The molecule has 0 fully saturated rings. The number of hydrogen-bond donors (Lipinski definition) is 1. The lowest BCUT2D eigenvalue weighted by Gasteiger charge is -2.13. The maximum atomic E-state index is 13.0. The van der Waals surface area contributed by atoms with Crippen LogP contribution in [0.25, 0.3) is 10.9 Å². The van der Waals surface area contributed by atoms with Crippen LogP contribution in [0.3, 0.4) is 0 Å². The number of nitrogens with zero attached hydrogens (tertiary/aromatic N) is 4. The molecule has 32 heavy (non-hydrogen) atoms. The molecule has 0 aliphatic rings. The Bertz CT molecular complexity index is 1320. The van der Waals surface area contributed by atoms with E-state index in [0.717, 1.165) is 4.68 Å². The van der Waals surface area contributed by atoms with Crippen LogP contribution in [0.1, 0.15) is 25.2 Å². The third-order valence-electron chi connectivity index (χ3n) is 4.41. The van der Waals surface area contributed by atoms with Gasteiger partial charge in [-0.05, 0) is 31.2 Å². The second-order valence-corrected chi connectivity index (χ2v) is 8.43. The van der Waals surface area contributed by atoms with Crippen molar-refractivity contribution >= 4 is 60.6 Å². The highest BCUT2D eigenvalue weighted by Crippen LogP contribution is 2.34. The van der Waals surface area contributed by atoms with Gasteiger partial charge in [0, 0.05) is 27.0 Å². The molecule has 1 N–H and O–H groups in total. The Balaban J connectivity index is 2.20. The van der Waals surface area contributed by atoms with Gasteiger partial charge in [-0.15, -0.1) is 0 Å². The van der Waals surface area contributed by atoms with Crippen LogP contribution in [0.2, 0.25) is 0 Å². The summed E-state index contributed by atoms with van der Waals surface area (Å²) in [5.41, 5.74) is -0.241. The minimum Gasteiger partial charge on any atom is -0.479 e. The highest BCUT2D eigenvalue weighted by molar-refractivity contribution is 9.10. The minimum atomic E-state index is -1.35. The van der Waals surface area contributed by atoms with Crippen LogP contribution in [0, 0.1) is 10.1 Å². The van der Waals surface area contributed by atoms with Crippen molar-refractivity contribution in [3.05, 3.63) is 71.1 Å². The van der Waals surface area contributed by atoms with E-state index in [1.165, 1.54) is 25.3 Å². The number of carboxylic acids is 1. The SMILES string of the molecule is CCc1nc2ccc(Br)cc2c(=O)n1N=Cc1cc(Br)cc([N+](=O)[O-])c1O[C@@H](C)C(=O)O. The molecule has 0 bridgehead atoms. The third kappa shape index (κ3) is 4.86. The Hall–Kier alpha value is -3.12. The van der Waals surface area contributed by atoms with Crippen molar-refractivity contribution in [2.45, 2.75) is 26.4 Å². The summed E-state index contributed by atoms with van der Waals surface area (Å²) < 4.78 is 7.51. The molecule has 166 valence electrons. The van der Waals surface area contributed by atoms with Gasteiger partial charge < -0.3 is 9.84 Å². The Morgan fingerprint density at radius 1 is 1.34 bits per heavy atom. The van der Waals surface area contributed by atoms with Crippen molar-refractivity contribution in [1.82, 2.24) is 9.66 Å². The van der Waals surface area contributed by atoms with Crippen LogP contribution in [0.4, 0.5) is 5.69 Å². The fourth-order valence-electron chi connectivity index (χ4n) is 2.85. The summed E-state index contributed by atoms with van der Waals surface area (Å²) in [6.07, 6.45) is 0.250. The molecule has 0 unspecified atom stereocenters. The molecule has 0 spiro atoms. The molecule has 1 aromatic heterocycles. The summed E-state index contributed by atoms with van der Waals surface area (Å²) in [6.45, 7) is 3.06. The zero-order valence-electron chi connectivity index (χ0n) is 16.8. The second kappa shape index (κ2) is 9.57. The summed E-state index contributed by atoms with van der Waals surface area (Å²) in [4.78, 5) is 39.6. The lowest BCUT2D eigenvalue weighted by atomic mass is 10.2. The molecule has 0 radical (unpaired) electrons. The molecule has 2 aromatic carbocycles. The zero-order valence-corrected chi connectivity index (χ0v) is 20.0. The third-order valence-corrected chi connectivity index (χ3v) is 5.36. The highest BCUT2D eigenvalue weighted by atomic mass is 79.9. The van der Waals surface area contributed by atoms with Gasteiger partial charge in [-0.25, -0.2) is 9.78 Å². The molecule has 0 aliphatic carbocycles. The number of hydrogen-bond acceptors (Lipinski definition) is 7. The van der Waals surface area contributed by atoms with Gasteiger partial charge in [0.25, 0.3) is 5.56 Å². The molecular weight excluding hydrogens is 552 g/mol. The van der Waals surface area contributed by atoms with Crippen molar-refractivity contribution in [1.29, 1.82) is 0 Å². The first-order valence-corrected chi connectivity index (χ1v) is 10.8. The average molecular weight is 568 g/mol. The van der Waals surface area contributed by atoms with Gasteiger partial charge in [0.05, 0.1) is 22.0 Å². The van der Waals surface area contributed by atoms with Gasteiger partial charge >= 0.3 is 11.7 Å². The van der Waals surface area contributed by atoms with Gasteiger partial charge in [-0.3, -0.25) is 14.9 Å². The van der Waals surface area contributed by atoms with Crippen LogP contribution < -0.4 is 10.3 Å². The second-order valence-electron chi connectivity index (χ2n) is 6.60. The smallest absolute Gasteiger partial charge is 0.344 e. The van der Waals surface area contributed by atoms with E-state index in [2.05, 4.69) is 41.9 Å². The Morgan fingerprint density at radius 2 is 2.06 bits per heavy atom. The molecule has 0 saturated heterocycles. The fourth-order valence-corrected chi connectivity index (χ4v) is 3.67. The predicted octanol–water partition coefficient (Wildman–Crippen LogP) is 4.13. The van der Waals surface area contributed by atoms with Crippen LogP contribution >= 0.6 is 31.9 Å². The van der Waals surface area contributed by atoms with Gasteiger partial charge in [0.2, 0.25) is 5.75 Å². The number of nitro benzene ring substituents is 1. The number of nitro groups is 1. The summed E-state index contributed by atoms with van der Waals surface area (Å²) >= 11 is 6.52. The van der Waals surface area contributed by atoms with Crippen LogP contribution in [-0.4, -0.2) is 38.0 Å². The number of fused-ring (bicyclic) bond motifs is 1. The number of benzene rings is 2. The molecule has 1 atom stereocenters. The fraction of sp³-hybridized carbons (Fsp3) is 0.200. The summed E-state index contributed by atoms with van der Waals surface area (Å²) in [5, 5.41) is 25.2. The van der Waals surface area contributed by atoms with Crippen molar-refractivity contribution in [2.24, 2.45) is 5.10 Å². The first-order chi connectivity index (χ1) is 15.1. The number of aryl methyl sites for hydroxylation is 1. The van der Waals surface area contributed by atoms with E-state index in [9.17, 15) is 19.7 Å². The molecule has 0 aliphatic heterocycles. The summed E-state index contributed by atoms with van der Waals surface area (Å²) in [5.74, 6) is -1.19. The van der Waals surface area contributed by atoms with Crippen LogP contribution in [-0.2, 0) is 11.2 Å². The zero-order chi connectivity index (χ0) is 23.6. The van der Waals surface area contributed by atoms with Gasteiger partial charge in [-0.2, -0.15) is 9.78 Å². The Kier molecular flexibility index (Phi) is 7.04. The summed E-state index contributed by atoms with van der Waals surface area (Å²) in [7, 11) is 0. The first-order valence-electron chi connectivity index (χ1n) is 9.25. The lowest BCUT2D eigenvalue weighted by molar-refractivity contribution is -0.386. The number of carboxylic acid groups (broad SMARTS) is 1. The van der Waals surface area contributed by atoms with E-state index in [4.69, 9.17) is 9.84 Å². The number of halogens is 2. The van der Waals surface area contributed by atoms with Crippen molar-refractivity contribution < 1.29 is 19.6 Å². The van der Waals surface area contributed by atoms with Gasteiger partial charge in [0.15, 0.2) is 6.10 Å². The van der Waals surface area contributed by atoms with Crippen molar-refractivity contribution in [3.8, 4) is 5.75 Å². The highest BCUT2D eigenvalue weighted by Gasteiger charge is 2.25. The van der Waals surface area contributed by atoms with Crippen molar-refractivity contribution in [3.63, 3.8) is 0 Å². The predicted molar refractivity (Wildman–Crippen MR) is 125 cm³/mol. The van der Waals surface area contributed by atoms with Crippen LogP contribution in [0.15, 0.2) is 49.2 Å². The van der Waals surface area contributed by atoms with E-state index < -0.39 is 28.2 Å². The number of aliphatic carboxylic acids is 1. The maximum Gasteiger partial charge on any atom is 0.344 e. The molecule has 0 saturated carbocycles. The van der Waals surface area contributed by atoms with E-state index in [1.807, 2.05) is 6.92 Å². The van der Waals surface area contributed by atoms with Crippen molar-refractivity contribution in [2.75, 3.05) is 0 Å². The number of aromatic nitrogens is 2. The van der Waals surface area contributed by atoms with Gasteiger partial charge in [-0.1, -0.05) is 38.8 Å². The minimum absolute atomic E-state index is 0.113. The lowest BCUT2D eigenvalue weighted by Crippen LogP contribution is -2.24. The van der Waals surface area contributed by atoms with Gasteiger partial charge in [0.1, 0.15) is 5.82 Å². The molecule has 3 aromatic rings. The van der Waals surface area contributed by atoms with E-state index in [0.29, 0.717) is 32.1 Å². The maximum absolute atomic E-state index is 13.0. The Labute approximate surface area is 197 Å². The normalized spacial score (nSPS) is 12.2. The quantitative estimate of drug-likeness (QED) is 0.257. The number of carbonyl (C=O) groups is 1. The molecule has 0 amide bonds. The number of ether oxygens (including phenoxy) is 1. The molecule has 10 nitrogen and oxygen atoms in total. The molecular formula is C20H16Br2N4O6. The average Bonchev–Trinajstić information content (AvgIpc) is 2.74. The summed E-state index contributed by atoms with van der Waals surface area (Å²) in [6, 6.07) is 7.78. The molecule has 1 heterocycles. The Morgan fingerprint density at radius 3 is 2.69 bits per heavy atom.